The number of aliphatic hydroxyl groups is 1. The SMILES string of the molecule is COc1cc(C(O)NC2CN(CC(C)C)C2)ccc1-c1cc2nccc(-c3ccc(OC4CCOCC4)c(C#N)c3)c2o1. The zero-order chi connectivity index (χ0) is 29.9. The second-order valence-electron chi connectivity index (χ2n) is 11.8. The maximum atomic E-state index is 10.9. The minimum atomic E-state index is -0.800. The molecular weight excluding hydrogens is 544 g/mol. The van der Waals surface area contributed by atoms with Gasteiger partial charge in [0.05, 0.1) is 31.5 Å². The monoisotopic (exact) mass is 582 g/mol. The van der Waals surface area contributed by atoms with Crippen molar-refractivity contribution < 1.29 is 23.7 Å². The minimum Gasteiger partial charge on any atom is -0.496 e. The first kappa shape index (κ1) is 29.1. The van der Waals surface area contributed by atoms with Crippen molar-refractivity contribution >= 4 is 11.1 Å². The van der Waals surface area contributed by atoms with Crippen molar-refractivity contribution in [3.63, 3.8) is 0 Å². The number of aliphatic hydroxyl groups excluding tert-OH is 1. The molecule has 2 N–H and O–H groups in total. The van der Waals surface area contributed by atoms with Gasteiger partial charge < -0.3 is 23.7 Å². The summed E-state index contributed by atoms with van der Waals surface area (Å²) >= 11 is 0. The van der Waals surface area contributed by atoms with Gasteiger partial charge in [-0.05, 0) is 47.4 Å². The van der Waals surface area contributed by atoms with E-state index in [1.165, 1.54) is 0 Å². The summed E-state index contributed by atoms with van der Waals surface area (Å²) in [7, 11) is 1.61. The standard InChI is InChI=1S/C34H38N4O5/c1-21(2)18-38-19-25(20-38)37-34(39)23-4-6-28(31(15-23)40-3)32-16-29-33(43-32)27(8-11-36-29)22-5-7-30(24(14-22)17-35)42-26-9-12-41-13-10-26/h4-8,11,14-16,21,25-26,34,37,39H,9-10,12-13,18-20H2,1-3H3. The Balaban J connectivity index is 1.23. The molecule has 2 aromatic heterocycles. The third kappa shape index (κ3) is 6.38. The van der Waals surface area contributed by atoms with E-state index >= 15 is 0 Å². The molecule has 2 saturated heterocycles. The Morgan fingerprint density at radius 3 is 2.63 bits per heavy atom. The molecule has 2 aliphatic rings. The molecule has 2 aromatic carbocycles. The highest BCUT2D eigenvalue weighted by molar-refractivity contribution is 5.93. The topological polar surface area (TPSA) is 113 Å². The number of methoxy groups -OCH3 is 1. The van der Waals surface area contributed by atoms with Crippen molar-refractivity contribution in [3.05, 3.63) is 65.9 Å². The van der Waals surface area contributed by atoms with E-state index in [-0.39, 0.29) is 12.1 Å². The van der Waals surface area contributed by atoms with Crippen molar-refractivity contribution in [1.29, 1.82) is 5.26 Å². The number of furan rings is 1. The van der Waals surface area contributed by atoms with Gasteiger partial charge in [-0.1, -0.05) is 26.0 Å². The third-order valence-electron chi connectivity index (χ3n) is 8.07. The number of nitriles is 1. The van der Waals surface area contributed by atoms with Gasteiger partial charge in [0.1, 0.15) is 41.2 Å². The Bertz CT molecular complexity index is 1620. The highest BCUT2D eigenvalue weighted by Gasteiger charge is 2.29. The van der Waals surface area contributed by atoms with Crippen LogP contribution in [0.25, 0.3) is 33.6 Å². The molecule has 9 nitrogen and oxygen atoms in total. The van der Waals surface area contributed by atoms with Crippen LogP contribution in [0.1, 0.15) is 44.0 Å². The van der Waals surface area contributed by atoms with Gasteiger partial charge in [0, 0.05) is 56.3 Å². The highest BCUT2D eigenvalue weighted by Crippen LogP contribution is 2.39. The van der Waals surface area contributed by atoms with E-state index in [0.717, 1.165) is 54.7 Å². The summed E-state index contributed by atoms with van der Waals surface area (Å²) < 4.78 is 23.7. The summed E-state index contributed by atoms with van der Waals surface area (Å²) in [4.78, 5) is 6.92. The van der Waals surface area contributed by atoms with Gasteiger partial charge in [0.25, 0.3) is 0 Å². The van der Waals surface area contributed by atoms with Crippen LogP contribution in [-0.4, -0.2) is 67.1 Å². The first-order valence-electron chi connectivity index (χ1n) is 14.9. The fourth-order valence-electron chi connectivity index (χ4n) is 5.90. The highest BCUT2D eigenvalue weighted by atomic mass is 16.5. The molecule has 4 heterocycles. The maximum absolute atomic E-state index is 10.9. The lowest BCUT2D eigenvalue weighted by molar-refractivity contribution is 0.0254. The molecule has 0 bridgehead atoms. The second kappa shape index (κ2) is 12.7. The van der Waals surface area contributed by atoms with Crippen molar-refractivity contribution in [1.82, 2.24) is 15.2 Å². The van der Waals surface area contributed by atoms with E-state index < -0.39 is 6.23 Å². The molecule has 9 heteroatoms. The average Bonchev–Trinajstić information content (AvgIpc) is 3.44. The van der Waals surface area contributed by atoms with E-state index in [4.69, 9.17) is 18.6 Å². The summed E-state index contributed by atoms with van der Waals surface area (Å²) in [6, 6.07) is 17.6. The number of rotatable bonds is 10. The number of hydrogen-bond acceptors (Lipinski definition) is 9. The summed E-state index contributed by atoms with van der Waals surface area (Å²) in [6.07, 6.45) is 2.60. The fourth-order valence-corrected chi connectivity index (χ4v) is 5.90. The van der Waals surface area contributed by atoms with Crippen LogP contribution in [0.4, 0.5) is 0 Å². The summed E-state index contributed by atoms with van der Waals surface area (Å²) in [5, 5.41) is 24.1. The quantitative estimate of drug-likeness (QED) is 0.233. The number of benzene rings is 2. The van der Waals surface area contributed by atoms with Crippen LogP contribution in [0.15, 0.2) is 59.1 Å². The van der Waals surface area contributed by atoms with Crippen LogP contribution in [-0.2, 0) is 4.74 Å². The maximum Gasteiger partial charge on any atom is 0.161 e. The average molecular weight is 583 g/mol. The largest absolute Gasteiger partial charge is 0.496 e. The van der Waals surface area contributed by atoms with Gasteiger partial charge >= 0.3 is 0 Å². The molecule has 2 fully saturated rings. The number of pyridine rings is 1. The summed E-state index contributed by atoms with van der Waals surface area (Å²) in [5.74, 6) is 2.40. The number of hydrogen-bond donors (Lipinski definition) is 2. The fraction of sp³-hybridized carbons (Fsp3) is 0.412. The first-order valence-corrected chi connectivity index (χ1v) is 14.9. The minimum absolute atomic E-state index is 0.0449. The predicted octanol–water partition coefficient (Wildman–Crippen LogP) is 5.52. The molecule has 0 saturated carbocycles. The van der Waals surface area contributed by atoms with E-state index in [9.17, 15) is 10.4 Å². The molecule has 1 atom stereocenters. The molecule has 0 aliphatic carbocycles. The van der Waals surface area contributed by atoms with Crippen LogP contribution >= 0.6 is 0 Å². The van der Waals surface area contributed by atoms with E-state index in [1.807, 2.05) is 48.5 Å². The zero-order valence-electron chi connectivity index (χ0n) is 24.9. The molecule has 0 radical (unpaired) electrons. The van der Waals surface area contributed by atoms with Crippen LogP contribution in [0.3, 0.4) is 0 Å². The smallest absolute Gasteiger partial charge is 0.161 e. The Morgan fingerprint density at radius 1 is 1.07 bits per heavy atom. The van der Waals surface area contributed by atoms with Gasteiger partial charge in [0.15, 0.2) is 5.58 Å². The molecule has 224 valence electrons. The van der Waals surface area contributed by atoms with Crippen molar-refractivity contribution in [2.75, 3.05) is 40.0 Å². The summed E-state index contributed by atoms with van der Waals surface area (Å²) in [6.45, 7) is 8.71. The number of likely N-dealkylation sites (tertiary alicyclic amines) is 1. The van der Waals surface area contributed by atoms with Gasteiger partial charge in [-0.25, -0.2) is 0 Å². The lowest BCUT2D eigenvalue weighted by atomic mass is 10.0. The molecule has 2 aliphatic heterocycles. The zero-order valence-corrected chi connectivity index (χ0v) is 24.9. The van der Waals surface area contributed by atoms with Gasteiger partial charge in [0.2, 0.25) is 0 Å². The number of ether oxygens (including phenoxy) is 3. The van der Waals surface area contributed by atoms with Crippen LogP contribution < -0.4 is 14.8 Å². The van der Waals surface area contributed by atoms with Crippen molar-refractivity contribution in [2.45, 2.75) is 45.1 Å². The first-order chi connectivity index (χ1) is 20.9. The molecule has 4 aromatic rings. The van der Waals surface area contributed by atoms with Gasteiger partial charge in [-0.2, -0.15) is 5.26 Å². The van der Waals surface area contributed by atoms with E-state index in [0.29, 0.717) is 53.1 Å². The lowest BCUT2D eigenvalue weighted by Gasteiger charge is -2.41. The Hall–Kier alpha value is -3.94. The van der Waals surface area contributed by atoms with E-state index in [2.05, 4.69) is 35.1 Å². The summed E-state index contributed by atoms with van der Waals surface area (Å²) in [5.41, 5.74) is 4.92. The van der Waals surface area contributed by atoms with Crippen molar-refractivity contribution in [3.8, 4) is 40.0 Å². The van der Waals surface area contributed by atoms with Crippen LogP contribution in [0, 0.1) is 17.2 Å². The molecule has 0 amide bonds. The molecule has 6 rings (SSSR count). The third-order valence-corrected chi connectivity index (χ3v) is 8.07. The van der Waals surface area contributed by atoms with Gasteiger partial charge in [-0.3, -0.25) is 15.2 Å². The molecule has 43 heavy (non-hydrogen) atoms. The van der Waals surface area contributed by atoms with Crippen molar-refractivity contribution in [2.24, 2.45) is 5.92 Å². The Labute approximate surface area is 252 Å². The Kier molecular flexibility index (Phi) is 8.63. The molecular formula is C34H38N4O5. The number of nitrogens with one attached hydrogen (secondary N) is 1. The van der Waals surface area contributed by atoms with Crippen LogP contribution in [0.5, 0.6) is 11.5 Å². The molecule has 0 spiro atoms. The normalized spacial score (nSPS) is 17.1. The van der Waals surface area contributed by atoms with E-state index in [1.54, 1.807) is 13.3 Å². The van der Waals surface area contributed by atoms with Gasteiger partial charge in [-0.15, -0.1) is 0 Å². The van der Waals surface area contributed by atoms with Crippen LogP contribution in [0.2, 0.25) is 0 Å². The number of nitrogens with zero attached hydrogens (tertiary/aromatic N) is 3. The number of fused-ring (bicyclic) bond motifs is 1. The second-order valence-corrected chi connectivity index (χ2v) is 11.8. The lowest BCUT2D eigenvalue weighted by Crippen LogP contribution is -2.59. The Morgan fingerprint density at radius 2 is 1.88 bits per heavy atom. The molecule has 1 unspecified atom stereocenters. The predicted molar refractivity (Wildman–Crippen MR) is 164 cm³/mol. The number of aromatic nitrogens is 1.